The van der Waals surface area contributed by atoms with Crippen molar-refractivity contribution in [1.29, 1.82) is 0 Å². The molecule has 0 bridgehead atoms. The Morgan fingerprint density at radius 1 is 1.18 bits per heavy atom. The van der Waals surface area contributed by atoms with Crippen LogP contribution in [0.15, 0.2) is 27.8 Å². The number of Topliss-reactive ketones (excluding diaryl/α,β-unsaturated/α-hetero) is 1. The molecule has 0 aliphatic carbocycles. The number of carbonyl (C=O) groups is 2. The van der Waals surface area contributed by atoms with Crippen molar-refractivity contribution in [2.24, 2.45) is 7.05 Å². The molecule has 0 fully saturated rings. The van der Waals surface area contributed by atoms with E-state index in [9.17, 15) is 36.7 Å². The number of carbonyl (C=O) groups excluding carboxylic acids is 2. The normalized spacial score (nSPS) is 11.4. The van der Waals surface area contributed by atoms with Gasteiger partial charge in [-0.3, -0.25) is 19.0 Å². The number of nitrogens with one attached hydrogen (secondary N) is 1. The molecule has 1 N–H and O–H groups in total. The predicted octanol–water partition coefficient (Wildman–Crippen LogP) is 2.27. The molecule has 0 spiro atoms. The Morgan fingerprint density at radius 2 is 1.79 bits per heavy atom. The summed E-state index contributed by atoms with van der Waals surface area (Å²) < 4.78 is 53.3. The fraction of sp³-hybridized carbons (Fsp3) is 0.250. The summed E-state index contributed by atoms with van der Waals surface area (Å²) in [4.78, 5) is 47.4. The summed E-state index contributed by atoms with van der Waals surface area (Å²) >= 11 is 5.79. The fourth-order valence-electron chi connectivity index (χ4n) is 2.28. The molecule has 2 rings (SSSR count). The second kappa shape index (κ2) is 7.58. The first-order valence-corrected chi connectivity index (χ1v) is 8.00. The quantitative estimate of drug-likeness (QED) is 0.605. The van der Waals surface area contributed by atoms with Crippen LogP contribution in [0, 0.1) is 5.82 Å². The Bertz CT molecular complexity index is 1090. The van der Waals surface area contributed by atoms with Gasteiger partial charge in [0.15, 0.2) is 0 Å². The minimum Gasteiger partial charge on any atom is -0.318 e. The molecule has 1 heterocycles. The zero-order valence-electron chi connectivity index (χ0n) is 14.4. The van der Waals surface area contributed by atoms with Gasteiger partial charge in [0, 0.05) is 19.5 Å². The number of anilines is 1. The molecular weight excluding hydrogens is 410 g/mol. The summed E-state index contributed by atoms with van der Waals surface area (Å²) in [6, 6.07) is 1.55. The standard InChI is InChI=1S/C16H12ClF4N3O4/c1-3-11(25)14(27)22-9-5-10(8(18)4-7(9)17)24-13(26)6-12(16(19,20)21)23(2)15(24)28/h4-6H,3H2,1-2H3,(H,22,27). The van der Waals surface area contributed by atoms with E-state index in [1.54, 1.807) is 0 Å². The summed E-state index contributed by atoms with van der Waals surface area (Å²) in [6.45, 7) is 1.42. The Balaban J connectivity index is 2.70. The lowest BCUT2D eigenvalue weighted by atomic mass is 10.2. The molecule has 0 saturated heterocycles. The van der Waals surface area contributed by atoms with Crippen LogP contribution >= 0.6 is 11.6 Å². The predicted molar refractivity (Wildman–Crippen MR) is 91.2 cm³/mol. The number of alkyl halides is 3. The van der Waals surface area contributed by atoms with Crippen molar-refractivity contribution in [3.8, 4) is 5.69 Å². The minimum atomic E-state index is -4.98. The van der Waals surface area contributed by atoms with E-state index in [0.29, 0.717) is 6.07 Å². The third-order valence-corrected chi connectivity index (χ3v) is 4.02. The number of aromatic nitrogens is 2. The number of rotatable bonds is 4. The highest BCUT2D eigenvalue weighted by molar-refractivity contribution is 6.42. The first-order chi connectivity index (χ1) is 12.9. The van der Waals surface area contributed by atoms with Crippen LogP contribution in [-0.4, -0.2) is 20.8 Å². The number of nitrogens with zero attached hydrogens (tertiary/aromatic N) is 2. The van der Waals surface area contributed by atoms with E-state index in [4.69, 9.17) is 11.6 Å². The SMILES string of the molecule is CCC(=O)C(=O)Nc1cc(-n2c(=O)cc(C(F)(F)F)n(C)c2=O)c(F)cc1Cl. The second-order valence-electron chi connectivity index (χ2n) is 5.56. The topological polar surface area (TPSA) is 90.2 Å². The molecular formula is C16H12ClF4N3O4. The Morgan fingerprint density at radius 3 is 2.32 bits per heavy atom. The molecule has 150 valence electrons. The van der Waals surface area contributed by atoms with Crippen molar-refractivity contribution in [3.05, 3.63) is 55.6 Å². The molecule has 1 aromatic carbocycles. The molecule has 0 aliphatic heterocycles. The van der Waals surface area contributed by atoms with E-state index in [1.165, 1.54) is 6.92 Å². The van der Waals surface area contributed by atoms with Gasteiger partial charge in [0.2, 0.25) is 5.78 Å². The first kappa shape index (κ1) is 21.4. The van der Waals surface area contributed by atoms with Crippen molar-refractivity contribution < 1.29 is 27.2 Å². The monoisotopic (exact) mass is 421 g/mol. The Kier molecular flexibility index (Phi) is 5.78. The number of hydrogen-bond acceptors (Lipinski definition) is 4. The smallest absolute Gasteiger partial charge is 0.318 e. The van der Waals surface area contributed by atoms with Crippen molar-refractivity contribution in [1.82, 2.24) is 9.13 Å². The van der Waals surface area contributed by atoms with Gasteiger partial charge in [0.05, 0.1) is 16.4 Å². The highest BCUT2D eigenvalue weighted by Gasteiger charge is 2.35. The van der Waals surface area contributed by atoms with E-state index < -0.39 is 46.3 Å². The lowest BCUT2D eigenvalue weighted by Crippen LogP contribution is -2.41. The number of ketones is 1. The third-order valence-electron chi connectivity index (χ3n) is 3.71. The molecule has 1 aromatic heterocycles. The van der Waals surface area contributed by atoms with E-state index in [-0.39, 0.29) is 32.3 Å². The summed E-state index contributed by atoms with van der Waals surface area (Å²) in [6.07, 6.45) is -5.11. The summed E-state index contributed by atoms with van der Waals surface area (Å²) in [7, 11) is 0.761. The van der Waals surface area contributed by atoms with Crippen molar-refractivity contribution >= 4 is 29.0 Å². The minimum absolute atomic E-state index is 0.129. The number of hydrogen-bond donors (Lipinski definition) is 1. The van der Waals surface area contributed by atoms with Gasteiger partial charge in [-0.25, -0.2) is 13.8 Å². The first-order valence-electron chi connectivity index (χ1n) is 7.62. The van der Waals surface area contributed by atoms with Gasteiger partial charge in [-0.15, -0.1) is 0 Å². The second-order valence-corrected chi connectivity index (χ2v) is 5.96. The molecule has 0 radical (unpaired) electrons. The Labute approximate surface area is 159 Å². The zero-order chi connectivity index (χ0) is 21.4. The summed E-state index contributed by atoms with van der Waals surface area (Å²) in [5, 5.41) is 1.74. The van der Waals surface area contributed by atoms with Crippen LogP contribution in [0.2, 0.25) is 5.02 Å². The van der Waals surface area contributed by atoms with Gasteiger partial charge in [0.1, 0.15) is 11.5 Å². The van der Waals surface area contributed by atoms with Crippen LogP contribution in [0.4, 0.5) is 23.2 Å². The third kappa shape index (κ3) is 3.98. The zero-order valence-corrected chi connectivity index (χ0v) is 15.1. The lowest BCUT2D eigenvalue weighted by molar-refractivity contribution is -0.144. The van der Waals surface area contributed by atoms with Crippen LogP contribution in [0.1, 0.15) is 19.0 Å². The molecule has 1 amide bonds. The lowest BCUT2D eigenvalue weighted by Gasteiger charge is -2.15. The van der Waals surface area contributed by atoms with Crippen molar-refractivity contribution in [2.45, 2.75) is 19.5 Å². The summed E-state index contributed by atoms with van der Waals surface area (Å²) in [5.41, 5.74) is -5.49. The highest BCUT2D eigenvalue weighted by Crippen LogP contribution is 2.29. The summed E-state index contributed by atoms with van der Waals surface area (Å²) in [5.74, 6) is -3.09. The van der Waals surface area contributed by atoms with Gasteiger partial charge >= 0.3 is 11.9 Å². The van der Waals surface area contributed by atoms with Gasteiger partial charge < -0.3 is 5.32 Å². The molecule has 0 aliphatic rings. The molecule has 0 atom stereocenters. The van der Waals surface area contributed by atoms with Gasteiger partial charge in [-0.1, -0.05) is 18.5 Å². The maximum Gasteiger partial charge on any atom is 0.431 e. The molecule has 7 nitrogen and oxygen atoms in total. The largest absolute Gasteiger partial charge is 0.431 e. The van der Waals surface area contributed by atoms with Crippen LogP contribution in [-0.2, 0) is 22.8 Å². The molecule has 0 unspecified atom stereocenters. The van der Waals surface area contributed by atoms with E-state index in [2.05, 4.69) is 5.32 Å². The van der Waals surface area contributed by atoms with Crippen LogP contribution in [0.25, 0.3) is 5.69 Å². The average molecular weight is 422 g/mol. The molecule has 28 heavy (non-hydrogen) atoms. The van der Waals surface area contributed by atoms with Crippen LogP contribution in [0.3, 0.4) is 0 Å². The van der Waals surface area contributed by atoms with E-state index >= 15 is 0 Å². The van der Waals surface area contributed by atoms with Crippen molar-refractivity contribution in [3.63, 3.8) is 0 Å². The molecule has 12 heteroatoms. The van der Waals surface area contributed by atoms with E-state index in [0.717, 1.165) is 13.1 Å². The maximum absolute atomic E-state index is 14.3. The number of halogens is 5. The van der Waals surface area contributed by atoms with Crippen molar-refractivity contribution in [2.75, 3.05) is 5.32 Å². The number of benzene rings is 1. The fourth-order valence-corrected chi connectivity index (χ4v) is 2.47. The maximum atomic E-state index is 14.3. The van der Waals surface area contributed by atoms with Gasteiger partial charge in [-0.05, 0) is 12.1 Å². The average Bonchev–Trinajstić information content (AvgIpc) is 2.59. The van der Waals surface area contributed by atoms with Gasteiger partial charge in [0.25, 0.3) is 11.5 Å². The number of amides is 1. The van der Waals surface area contributed by atoms with E-state index in [1.807, 2.05) is 0 Å². The van der Waals surface area contributed by atoms with Crippen LogP contribution in [0.5, 0.6) is 0 Å². The Hall–Kier alpha value is -2.95. The van der Waals surface area contributed by atoms with Crippen LogP contribution < -0.4 is 16.6 Å². The molecule has 2 aromatic rings. The highest BCUT2D eigenvalue weighted by atomic mass is 35.5. The van der Waals surface area contributed by atoms with Gasteiger partial charge in [-0.2, -0.15) is 13.2 Å². The molecule has 0 saturated carbocycles.